The first kappa shape index (κ1) is 18.1. The summed E-state index contributed by atoms with van der Waals surface area (Å²) in [6.45, 7) is 5.13. The molecule has 24 heavy (non-hydrogen) atoms. The number of rotatable bonds is 9. The molecule has 0 saturated heterocycles. The third kappa shape index (κ3) is 6.48. The maximum absolute atomic E-state index is 9.97. The van der Waals surface area contributed by atoms with Gasteiger partial charge in [-0.25, -0.2) is 0 Å². The molecule has 2 aromatic carbocycles. The van der Waals surface area contributed by atoms with Gasteiger partial charge in [0.15, 0.2) is 0 Å². The maximum atomic E-state index is 9.97. The van der Waals surface area contributed by atoms with Gasteiger partial charge in [0.05, 0.1) is 0 Å². The summed E-state index contributed by atoms with van der Waals surface area (Å²) in [7, 11) is 0. The molecule has 2 rings (SSSR count). The number of nitrogens with one attached hydrogen (secondary N) is 1. The highest BCUT2D eigenvalue weighted by molar-refractivity contribution is 5.30. The lowest BCUT2D eigenvalue weighted by Gasteiger charge is -2.27. The maximum Gasteiger partial charge on any atom is 0.120 e. The molecule has 0 aromatic heterocycles. The molecule has 0 saturated carbocycles. The number of ether oxygens (including phenoxy) is 2. The summed E-state index contributed by atoms with van der Waals surface area (Å²) in [5.74, 6) is 1.64. The van der Waals surface area contributed by atoms with E-state index in [-0.39, 0.29) is 12.4 Å². The number of hydrogen-bond acceptors (Lipinski definition) is 5. The van der Waals surface area contributed by atoms with E-state index in [1.54, 1.807) is 24.3 Å². The Balaban J connectivity index is 1.68. The second-order valence-electron chi connectivity index (χ2n) is 6.26. The minimum atomic E-state index is -0.602. The molecular weight excluding hydrogens is 306 g/mol. The van der Waals surface area contributed by atoms with E-state index in [2.05, 4.69) is 5.32 Å². The lowest BCUT2D eigenvalue weighted by molar-refractivity contribution is 0.0834. The summed E-state index contributed by atoms with van der Waals surface area (Å²) in [5, 5.41) is 22.4. The van der Waals surface area contributed by atoms with Crippen molar-refractivity contribution in [3.63, 3.8) is 0 Å². The van der Waals surface area contributed by atoms with Gasteiger partial charge in [-0.3, -0.25) is 0 Å². The summed E-state index contributed by atoms with van der Waals surface area (Å²) in [6, 6.07) is 16.0. The van der Waals surface area contributed by atoms with Gasteiger partial charge in [0, 0.05) is 13.1 Å². The molecule has 2 aromatic rings. The van der Waals surface area contributed by atoms with Gasteiger partial charge in [-0.05, 0) is 50.2 Å². The Hall–Kier alpha value is -2.24. The minimum Gasteiger partial charge on any atom is -0.508 e. The fourth-order valence-electron chi connectivity index (χ4n) is 2.18. The standard InChI is InChI=1S/C19H25NO4/c1-19(2,24-18-10-8-15(21)9-11-18)14-20-12-16(22)13-23-17-6-4-3-5-7-17/h3-11,16,20-22H,12-14H2,1-2H3/t16-/m0/s1. The van der Waals surface area contributed by atoms with Gasteiger partial charge in [-0.15, -0.1) is 0 Å². The van der Waals surface area contributed by atoms with Crippen molar-refractivity contribution in [3.8, 4) is 17.2 Å². The topological polar surface area (TPSA) is 71.0 Å². The quantitative estimate of drug-likeness (QED) is 0.659. The molecule has 1 atom stereocenters. The van der Waals surface area contributed by atoms with Gasteiger partial charge in [0.1, 0.15) is 35.6 Å². The average molecular weight is 331 g/mol. The van der Waals surface area contributed by atoms with Crippen LogP contribution in [0.3, 0.4) is 0 Å². The first-order valence-electron chi connectivity index (χ1n) is 7.99. The van der Waals surface area contributed by atoms with Crippen LogP contribution in [0, 0.1) is 0 Å². The van der Waals surface area contributed by atoms with Gasteiger partial charge < -0.3 is 25.0 Å². The fourth-order valence-corrected chi connectivity index (χ4v) is 2.18. The van der Waals surface area contributed by atoms with E-state index >= 15 is 0 Å². The predicted molar refractivity (Wildman–Crippen MR) is 93.6 cm³/mol. The van der Waals surface area contributed by atoms with Crippen molar-refractivity contribution in [2.24, 2.45) is 0 Å². The molecule has 0 aliphatic heterocycles. The second kappa shape index (κ2) is 8.57. The molecule has 0 unspecified atom stereocenters. The van der Waals surface area contributed by atoms with Gasteiger partial charge in [-0.1, -0.05) is 18.2 Å². The number of benzene rings is 2. The van der Waals surface area contributed by atoms with Crippen molar-refractivity contribution in [2.45, 2.75) is 25.6 Å². The van der Waals surface area contributed by atoms with Crippen molar-refractivity contribution in [2.75, 3.05) is 19.7 Å². The first-order chi connectivity index (χ1) is 11.4. The first-order valence-corrected chi connectivity index (χ1v) is 7.99. The molecular formula is C19H25NO4. The van der Waals surface area contributed by atoms with Crippen LogP contribution in [0.25, 0.3) is 0 Å². The summed E-state index contributed by atoms with van der Waals surface area (Å²) >= 11 is 0. The molecule has 0 fully saturated rings. The molecule has 0 spiro atoms. The number of para-hydroxylation sites is 1. The molecule has 5 nitrogen and oxygen atoms in total. The second-order valence-corrected chi connectivity index (χ2v) is 6.26. The third-order valence-electron chi connectivity index (χ3n) is 3.35. The van der Waals surface area contributed by atoms with Crippen LogP contribution in [0.4, 0.5) is 0 Å². The minimum absolute atomic E-state index is 0.208. The van der Waals surface area contributed by atoms with Crippen LogP contribution in [-0.4, -0.2) is 41.6 Å². The lowest BCUT2D eigenvalue weighted by atomic mass is 10.1. The number of hydrogen-bond donors (Lipinski definition) is 3. The summed E-state index contributed by atoms with van der Waals surface area (Å²) in [4.78, 5) is 0. The zero-order valence-corrected chi connectivity index (χ0v) is 14.1. The van der Waals surface area contributed by atoms with E-state index in [9.17, 15) is 10.2 Å². The van der Waals surface area contributed by atoms with E-state index in [0.717, 1.165) is 5.75 Å². The third-order valence-corrected chi connectivity index (χ3v) is 3.35. The van der Waals surface area contributed by atoms with Crippen molar-refractivity contribution in [1.82, 2.24) is 5.32 Å². The van der Waals surface area contributed by atoms with E-state index in [1.165, 1.54) is 0 Å². The zero-order valence-electron chi connectivity index (χ0n) is 14.1. The highest BCUT2D eigenvalue weighted by Crippen LogP contribution is 2.20. The van der Waals surface area contributed by atoms with Crippen LogP contribution in [0.2, 0.25) is 0 Å². The Morgan fingerprint density at radius 2 is 1.67 bits per heavy atom. The summed E-state index contributed by atoms with van der Waals surface area (Å²) in [5.41, 5.74) is -0.447. The molecule has 0 amide bonds. The summed E-state index contributed by atoms with van der Waals surface area (Å²) < 4.78 is 11.4. The number of aliphatic hydroxyl groups excluding tert-OH is 1. The van der Waals surface area contributed by atoms with Crippen LogP contribution in [-0.2, 0) is 0 Å². The largest absolute Gasteiger partial charge is 0.508 e. The Kier molecular flexibility index (Phi) is 6.46. The Morgan fingerprint density at radius 3 is 2.33 bits per heavy atom. The smallest absolute Gasteiger partial charge is 0.120 e. The molecule has 0 bridgehead atoms. The van der Waals surface area contributed by atoms with Gasteiger partial charge in [0.2, 0.25) is 0 Å². The highest BCUT2D eigenvalue weighted by Gasteiger charge is 2.20. The molecule has 0 heterocycles. The molecule has 0 aliphatic rings. The zero-order chi connectivity index (χ0) is 17.4. The van der Waals surface area contributed by atoms with Crippen LogP contribution >= 0.6 is 0 Å². The van der Waals surface area contributed by atoms with Crippen LogP contribution in [0.15, 0.2) is 54.6 Å². The highest BCUT2D eigenvalue weighted by atomic mass is 16.5. The number of phenols is 1. The van der Waals surface area contributed by atoms with Crippen molar-refractivity contribution >= 4 is 0 Å². The van der Waals surface area contributed by atoms with Gasteiger partial charge in [0.25, 0.3) is 0 Å². The van der Waals surface area contributed by atoms with E-state index < -0.39 is 11.7 Å². The van der Waals surface area contributed by atoms with Gasteiger partial charge in [-0.2, -0.15) is 0 Å². The molecule has 0 radical (unpaired) electrons. The predicted octanol–water partition coefficient (Wildman–Crippen LogP) is 2.58. The molecule has 3 N–H and O–H groups in total. The van der Waals surface area contributed by atoms with E-state index in [1.807, 2.05) is 44.2 Å². The van der Waals surface area contributed by atoms with Gasteiger partial charge >= 0.3 is 0 Å². The molecule has 5 heteroatoms. The number of phenolic OH excluding ortho intramolecular Hbond substituents is 1. The number of aliphatic hydroxyl groups is 1. The number of aromatic hydroxyl groups is 1. The lowest BCUT2D eigenvalue weighted by Crippen LogP contribution is -2.43. The Labute approximate surface area is 142 Å². The van der Waals surface area contributed by atoms with Crippen molar-refractivity contribution in [3.05, 3.63) is 54.6 Å². The molecule has 130 valence electrons. The fraction of sp³-hybridized carbons (Fsp3) is 0.368. The molecule has 0 aliphatic carbocycles. The average Bonchev–Trinajstić information content (AvgIpc) is 2.56. The van der Waals surface area contributed by atoms with E-state index in [4.69, 9.17) is 9.47 Å². The van der Waals surface area contributed by atoms with Crippen LogP contribution in [0.1, 0.15) is 13.8 Å². The van der Waals surface area contributed by atoms with Crippen LogP contribution < -0.4 is 14.8 Å². The van der Waals surface area contributed by atoms with Crippen LogP contribution in [0.5, 0.6) is 17.2 Å². The Morgan fingerprint density at radius 1 is 1.00 bits per heavy atom. The monoisotopic (exact) mass is 331 g/mol. The SMILES string of the molecule is CC(C)(CNC[C@H](O)COc1ccccc1)Oc1ccc(O)cc1. The summed E-state index contributed by atoms with van der Waals surface area (Å²) in [6.07, 6.45) is -0.602. The Bertz CT molecular complexity index is 599. The van der Waals surface area contributed by atoms with Crippen molar-refractivity contribution < 1.29 is 19.7 Å². The van der Waals surface area contributed by atoms with Crippen molar-refractivity contribution in [1.29, 1.82) is 0 Å². The normalized spacial score (nSPS) is 12.6. The van der Waals surface area contributed by atoms with E-state index in [0.29, 0.717) is 18.8 Å².